The number of rotatable bonds is 7. The minimum atomic E-state index is -1.30. The lowest BCUT2D eigenvalue weighted by Crippen LogP contribution is -2.51. The molecule has 0 fully saturated rings. The van der Waals surface area contributed by atoms with E-state index in [-0.39, 0.29) is 0 Å². The van der Waals surface area contributed by atoms with Gasteiger partial charge in [0.2, 0.25) is 5.89 Å². The fourth-order valence-corrected chi connectivity index (χ4v) is 11.9. The summed E-state index contributed by atoms with van der Waals surface area (Å²) >= 11 is 1.85. The topological polar surface area (TPSA) is 29.3 Å². The van der Waals surface area contributed by atoms with E-state index in [1.54, 1.807) is 0 Å². The Morgan fingerprint density at radius 1 is 0.446 bits per heavy atom. The van der Waals surface area contributed by atoms with Crippen molar-refractivity contribution in [1.29, 1.82) is 0 Å². The number of fused-ring (bicyclic) bond motifs is 8. The van der Waals surface area contributed by atoms with Crippen LogP contribution in [0.1, 0.15) is 0 Å². The first-order chi connectivity index (χ1) is 27.7. The van der Waals surface area contributed by atoms with Crippen molar-refractivity contribution < 1.29 is 4.42 Å². The van der Waals surface area contributed by atoms with E-state index in [2.05, 4.69) is 175 Å². The zero-order chi connectivity index (χ0) is 37.0. The lowest BCUT2D eigenvalue weighted by atomic mass is 10.00. The van der Waals surface area contributed by atoms with Gasteiger partial charge in [0.1, 0.15) is 5.52 Å². The molecule has 0 bridgehead atoms. The molecule has 1 radical (unpaired) electrons. The highest BCUT2D eigenvalue weighted by Gasteiger charge is 2.23. The highest BCUT2D eigenvalue weighted by atomic mass is 32.1. The molecule has 0 aliphatic heterocycles. The van der Waals surface area contributed by atoms with Gasteiger partial charge in [0.05, 0.1) is 0 Å². The number of nitrogens with zero attached hydrogens (tertiary/aromatic N) is 2. The van der Waals surface area contributed by atoms with Crippen LogP contribution in [0.3, 0.4) is 0 Å². The first kappa shape index (κ1) is 32.6. The molecule has 3 nitrogen and oxygen atoms in total. The lowest BCUT2D eigenvalue weighted by molar-refractivity contribution is 0.623. The zero-order valence-corrected chi connectivity index (χ0v) is 32.1. The van der Waals surface area contributed by atoms with Crippen LogP contribution in [0.15, 0.2) is 205 Å². The average Bonchev–Trinajstić information content (AvgIpc) is 3.87. The van der Waals surface area contributed by atoms with Crippen LogP contribution in [0, 0.1) is 0 Å². The van der Waals surface area contributed by atoms with Crippen molar-refractivity contribution in [3.05, 3.63) is 200 Å². The van der Waals surface area contributed by atoms with Crippen molar-refractivity contribution in [3.8, 4) is 11.5 Å². The Bertz CT molecular complexity index is 3170. The number of anilines is 3. The SMILES string of the molecule is c1ccc(-c2nc3ccc4ccc5ccc(N(c6cccc([Si](c7ccccc7)c7ccccc7)c6)c6ccc7sc8ccccc8c7c6)cc5c4c3o2)cc1. The molecule has 5 heteroatoms. The number of hydrogen-bond donors (Lipinski definition) is 0. The Labute approximate surface area is 330 Å². The van der Waals surface area contributed by atoms with E-state index in [4.69, 9.17) is 9.40 Å². The van der Waals surface area contributed by atoms with Gasteiger partial charge in [-0.15, -0.1) is 11.3 Å². The molecule has 56 heavy (non-hydrogen) atoms. The van der Waals surface area contributed by atoms with Gasteiger partial charge >= 0.3 is 0 Å². The largest absolute Gasteiger partial charge is 0.435 e. The zero-order valence-electron chi connectivity index (χ0n) is 30.3. The summed E-state index contributed by atoms with van der Waals surface area (Å²) in [6, 6.07) is 72.5. The Kier molecular flexibility index (Phi) is 7.86. The number of aromatic nitrogens is 1. The van der Waals surface area contributed by atoms with E-state index in [9.17, 15) is 0 Å². The summed E-state index contributed by atoms with van der Waals surface area (Å²) in [7, 11) is -1.30. The van der Waals surface area contributed by atoms with E-state index in [1.165, 1.54) is 35.7 Å². The molecule has 0 atom stereocenters. The van der Waals surface area contributed by atoms with Crippen LogP contribution >= 0.6 is 11.3 Å². The maximum atomic E-state index is 6.63. The van der Waals surface area contributed by atoms with Gasteiger partial charge < -0.3 is 9.32 Å². The molecule has 0 saturated carbocycles. The molecule has 9 aromatic carbocycles. The predicted molar refractivity (Wildman–Crippen MR) is 240 cm³/mol. The van der Waals surface area contributed by atoms with Crippen LogP contribution in [-0.4, -0.2) is 13.8 Å². The van der Waals surface area contributed by atoms with Crippen LogP contribution in [0.2, 0.25) is 0 Å². The van der Waals surface area contributed by atoms with Crippen LogP contribution in [0.4, 0.5) is 17.1 Å². The van der Waals surface area contributed by atoms with Gasteiger partial charge in [-0.1, -0.05) is 144 Å². The summed E-state index contributed by atoms with van der Waals surface area (Å²) < 4.78 is 9.22. The van der Waals surface area contributed by atoms with E-state index < -0.39 is 8.80 Å². The Morgan fingerprint density at radius 2 is 1.04 bits per heavy atom. The van der Waals surface area contributed by atoms with Gasteiger partial charge in [-0.05, 0) is 88.1 Å². The summed E-state index contributed by atoms with van der Waals surface area (Å²) in [5.41, 5.74) is 5.93. The second kappa shape index (κ2) is 13.5. The maximum Gasteiger partial charge on any atom is 0.227 e. The molecule has 0 unspecified atom stereocenters. The molecule has 0 saturated heterocycles. The van der Waals surface area contributed by atoms with Crippen LogP contribution in [0.25, 0.3) is 64.3 Å². The molecule has 2 aromatic heterocycles. The smallest absolute Gasteiger partial charge is 0.227 e. The molecule has 0 N–H and O–H groups in total. The lowest BCUT2D eigenvalue weighted by Gasteiger charge is -2.27. The molecule has 0 amide bonds. The third-order valence-corrected chi connectivity index (χ3v) is 14.6. The molecule has 2 heterocycles. The van der Waals surface area contributed by atoms with Gasteiger partial charge in [-0.25, -0.2) is 4.98 Å². The fraction of sp³-hybridized carbons (Fsp3) is 0. The molecule has 263 valence electrons. The number of oxazole rings is 1. The third-order valence-electron chi connectivity index (χ3n) is 10.8. The maximum absolute atomic E-state index is 6.63. The second-order valence-corrected chi connectivity index (χ2v) is 17.7. The highest BCUT2D eigenvalue weighted by Crippen LogP contribution is 2.42. The average molecular weight is 750 g/mol. The van der Waals surface area contributed by atoms with Gasteiger partial charge in [-0.3, -0.25) is 0 Å². The molecule has 0 aliphatic carbocycles. The molecule has 11 aromatic rings. The summed E-state index contributed by atoms with van der Waals surface area (Å²) in [4.78, 5) is 7.37. The minimum absolute atomic E-state index is 0.630. The standard InChI is InChI=1S/C51H33N2OSSi/c1-4-13-36(14-5-1)51-52-46-29-26-35-24-23-34-25-27-38(32-44(34)49(35)50(46)54-51)53(39-28-30-48-45(33-39)43-21-10-11-22-47(43)55-48)37-15-12-20-42(31-37)56(40-16-6-2-7-17-40)41-18-8-3-9-19-41/h1-33H. The van der Waals surface area contributed by atoms with Gasteiger partial charge in [0.25, 0.3) is 0 Å². The molecule has 0 aliphatic rings. The minimum Gasteiger partial charge on any atom is -0.435 e. The van der Waals surface area contributed by atoms with Gasteiger partial charge in [-0.2, -0.15) is 0 Å². The number of thiophene rings is 1. The second-order valence-electron chi connectivity index (χ2n) is 14.1. The Morgan fingerprint density at radius 3 is 1.82 bits per heavy atom. The van der Waals surface area contributed by atoms with Crippen LogP contribution in [-0.2, 0) is 0 Å². The summed E-state index contributed by atoms with van der Waals surface area (Å²) in [6.45, 7) is 0. The molecular formula is C51H33N2OSSi. The first-order valence-electron chi connectivity index (χ1n) is 18.9. The number of benzene rings is 9. The molecule has 0 spiro atoms. The quantitative estimate of drug-likeness (QED) is 0.0923. The van der Waals surface area contributed by atoms with Crippen molar-refractivity contribution in [2.75, 3.05) is 4.90 Å². The Hall–Kier alpha value is -6.79. The third kappa shape index (κ3) is 5.60. The van der Waals surface area contributed by atoms with Crippen molar-refractivity contribution >= 4 is 106 Å². The fourth-order valence-electron chi connectivity index (χ4n) is 8.16. The van der Waals surface area contributed by atoms with Crippen molar-refractivity contribution in [3.63, 3.8) is 0 Å². The van der Waals surface area contributed by atoms with E-state index in [0.717, 1.165) is 55.3 Å². The van der Waals surface area contributed by atoms with E-state index >= 15 is 0 Å². The van der Waals surface area contributed by atoms with Crippen molar-refractivity contribution in [1.82, 2.24) is 4.98 Å². The monoisotopic (exact) mass is 749 g/mol. The summed E-state index contributed by atoms with van der Waals surface area (Å²) in [6.07, 6.45) is 0. The highest BCUT2D eigenvalue weighted by molar-refractivity contribution is 7.25. The van der Waals surface area contributed by atoms with Crippen molar-refractivity contribution in [2.24, 2.45) is 0 Å². The van der Waals surface area contributed by atoms with Crippen LogP contribution < -0.4 is 20.5 Å². The normalized spacial score (nSPS) is 11.7. The summed E-state index contributed by atoms with van der Waals surface area (Å²) in [5.74, 6) is 0.630. The van der Waals surface area contributed by atoms with E-state index in [0.29, 0.717) is 5.89 Å². The first-order valence-corrected chi connectivity index (χ1v) is 21.2. The Balaban J connectivity index is 1.14. The molecular weight excluding hydrogens is 717 g/mol. The van der Waals surface area contributed by atoms with Crippen LogP contribution in [0.5, 0.6) is 0 Å². The number of hydrogen-bond acceptors (Lipinski definition) is 4. The van der Waals surface area contributed by atoms with Gasteiger partial charge in [0.15, 0.2) is 14.4 Å². The van der Waals surface area contributed by atoms with Crippen molar-refractivity contribution in [2.45, 2.75) is 0 Å². The predicted octanol–water partition coefficient (Wildman–Crippen LogP) is 12.2. The molecule has 11 rings (SSSR count). The summed E-state index contributed by atoms with van der Waals surface area (Å²) in [5, 5.41) is 11.1. The van der Waals surface area contributed by atoms with Gasteiger partial charge in [0, 0.05) is 48.2 Å². The van der Waals surface area contributed by atoms with E-state index in [1.807, 2.05) is 41.7 Å².